The summed E-state index contributed by atoms with van der Waals surface area (Å²) < 4.78 is 0. The highest BCUT2D eigenvalue weighted by molar-refractivity contribution is 5.76. The lowest BCUT2D eigenvalue weighted by Crippen LogP contribution is -2.49. The molecule has 1 saturated heterocycles. The summed E-state index contributed by atoms with van der Waals surface area (Å²) in [6.45, 7) is 4.65. The Morgan fingerprint density at radius 1 is 1.14 bits per heavy atom. The first kappa shape index (κ1) is 15.5. The molecule has 0 atom stereocenters. The number of benzene rings is 1. The van der Waals surface area contributed by atoms with Crippen LogP contribution in [0.5, 0.6) is 0 Å². The predicted molar refractivity (Wildman–Crippen MR) is 80.2 cm³/mol. The van der Waals surface area contributed by atoms with Gasteiger partial charge in [0.25, 0.3) is 0 Å². The lowest BCUT2D eigenvalue weighted by Gasteiger charge is -2.33. The Hall–Kier alpha value is -1.88. The molecule has 0 aliphatic carbocycles. The molecule has 1 amide bonds. The van der Waals surface area contributed by atoms with Gasteiger partial charge in [-0.2, -0.15) is 0 Å². The van der Waals surface area contributed by atoms with Crippen molar-refractivity contribution in [1.29, 1.82) is 0 Å². The van der Waals surface area contributed by atoms with Crippen molar-refractivity contribution in [2.75, 3.05) is 32.7 Å². The minimum atomic E-state index is -0.811. The standard InChI is InChI=1S/C16H22N2O3/c1-13-4-2-3-5-14(13)6-7-15(19)18-10-8-17(9-11-18)12-16(20)21/h2-5H,6-12H2,1H3,(H,20,21). The molecule has 1 aromatic rings. The lowest BCUT2D eigenvalue weighted by molar-refractivity contribution is -0.139. The minimum Gasteiger partial charge on any atom is -0.480 e. The van der Waals surface area contributed by atoms with E-state index in [4.69, 9.17) is 5.11 Å². The molecule has 1 heterocycles. The molecule has 2 rings (SSSR count). The van der Waals surface area contributed by atoms with Gasteiger partial charge in [-0.25, -0.2) is 0 Å². The quantitative estimate of drug-likeness (QED) is 0.884. The third-order valence-corrected chi connectivity index (χ3v) is 3.95. The van der Waals surface area contributed by atoms with Crippen molar-refractivity contribution in [2.45, 2.75) is 19.8 Å². The van der Waals surface area contributed by atoms with E-state index in [2.05, 4.69) is 19.1 Å². The Morgan fingerprint density at radius 2 is 1.81 bits per heavy atom. The van der Waals surface area contributed by atoms with E-state index >= 15 is 0 Å². The summed E-state index contributed by atoms with van der Waals surface area (Å²) in [5.41, 5.74) is 2.44. The molecule has 21 heavy (non-hydrogen) atoms. The molecule has 1 N–H and O–H groups in total. The fourth-order valence-electron chi connectivity index (χ4n) is 2.64. The Balaban J connectivity index is 1.77. The average molecular weight is 290 g/mol. The van der Waals surface area contributed by atoms with Gasteiger partial charge in [0.2, 0.25) is 5.91 Å². The highest BCUT2D eigenvalue weighted by Crippen LogP contribution is 2.11. The Kier molecular flexibility index (Phi) is 5.33. The van der Waals surface area contributed by atoms with E-state index in [0.717, 1.165) is 6.42 Å². The molecule has 114 valence electrons. The van der Waals surface area contributed by atoms with Crippen LogP contribution in [0.3, 0.4) is 0 Å². The number of piperazine rings is 1. The third-order valence-electron chi connectivity index (χ3n) is 3.95. The normalized spacial score (nSPS) is 16.0. The second-order valence-corrected chi connectivity index (χ2v) is 5.48. The first-order chi connectivity index (χ1) is 10.1. The summed E-state index contributed by atoms with van der Waals surface area (Å²) in [6, 6.07) is 8.12. The van der Waals surface area contributed by atoms with Crippen molar-refractivity contribution >= 4 is 11.9 Å². The second-order valence-electron chi connectivity index (χ2n) is 5.48. The number of carboxylic acid groups (broad SMARTS) is 1. The number of amides is 1. The fraction of sp³-hybridized carbons (Fsp3) is 0.500. The molecule has 1 aromatic carbocycles. The van der Waals surface area contributed by atoms with Crippen LogP contribution < -0.4 is 0 Å². The summed E-state index contributed by atoms with van der Waals surface area (Å²) in [7, 11) is 0. The summed E-state index contributed by atoms with van der Waals surface area (Å²) >= 11 is 0. The lowest BCUT2D eigenvalue weighted by atomic mass is 10.0. The van der Waals surface area contributed by atoms with Crippen LogP contribution >= 0.6 is 0 Å². The summed E-state index contributed by atoms with van der Waals surface area (Å²) in [6.07, 6.45) is 1.28. The number of carbonyl (C=O) groups excluding carboxylic acids is 1. The maximum Gasteiger partial charge on any atom is 0.317 e. The first-order valence-electron chi connectivity index (χ1n) is 7.32. The molecule has 5 nitrogen and oxygen atoms in total. The zero-order valence-corrected chi connectivity index (χ0v) is 12.4. The molecule has 0 unspecified atom stereocenters. The maximum absolute atomic E-state index is 12.2. The Morgan fingerprint density at radius 3 is 2.43 bits per heavy atom. The predicted octanol–water partition coefficient (Wildman–Crippen LogP) is 1.16. The topological polar surface area (TPSA) is 60.9 Å². The van der Waals surface area contributed by atoms with Gasteiger partial charge < -0.3 is 10.0 Å². The van der Waals surface area contributed by atoms with Crippen LogP contribution in [-0.4, -0.2) is 59.5 Å². The summed E-state index contributed by atoms with van der Waals surface area (Å²) in [5.74, 6) is -0.650. The molecule has 0 spiro atoms. The molecule has 0 aromatic heterocycles. The molecule has 1 fully saturated rings. The monoisotopic (exact) mass is 290 g/mol. The molecular weight excluding hydrogens is 268 g/mol. The van der Waals surface area contributed by atoms with Crippen molar-refractivity contribution in [3.05, 3.63) is 35.4 Å². The van der Waals surface area contributed by atoms with E-state index in [0.29, 0.717) is 32.6 Å². The number of carbonyl (C=O) groups is 2. The van der Waals surface area contributed by atoms with Gasteiger partial charge in [-0.05, 0) is 24.5 Å². The van der Waals surface area contributed by atoms with E-state index in [9.17, 15) is 9.59 Å². The fourth-order valence-corrected chi connectivity index (χ4v) is 2.64. The van der Waals surface area contributed by atoms with E-state index < -0.39 is 5.97 Å². The number of carboxylic acids is 1. The number of hydrogen-bond donors (Lipinski definition) is 1. The Labute approximate surface area is 125 Å². The van der Waals surface area contributed by atoms with Gasteiger partial charge in [0, 0.05) is 32.6 Å². The van der Waals surface area contributed by atoms with E-state index in [-0.39, 0.29) is 12.5 Å². The van der Waals surface area contributed by atoms with Crippen LogP contribution in [0.1, 0.15) is 17.5 Å². The van der Waals surface area contributed by atoms with Gasteiger partial charge in [0.15, 0.2) is 0 Å². The van der Waals surface area contributed by atoms with Crippen molar-refractivity contribution in [1.82, 2.24) is 9.80 Å². The van der Waals surface area contributed by atoms with Crippen LogP contribution in [0.15, 0.2) is 24.3 Å². The van der Waals surface area contributed by atoms with Crippen LogP contribution in [0.4, 0.5) is 0 Å². The maximum atomic E-state index is 12.2. The SMILES string of the molecule is Cc1ccccc1CCC(=O)N1CCN(CC(=O)O)CC1. The molecule has 5 heteroatoms. The van der Waals surface area contributed by atoms with Crippen LogP contribution in [-0.2, 0) is 16.0 Å². The molecule has 0 radical (unpaired) electrons. The molecule has 1 aliphatic heterocycles. The zero-order chi connectivity index (χ0) is 15.2. The number of aliphatic carboxylic acids is 1. The van der Waals surface area contributed by atoms with Gasteiger partial charge in [-0.3, -0.25) is 14.5 Å². The van der Waals surface area contributed by atoms with Crippen LogP contribution in [0.2, 0.25) is 0 Å². The molecular formula is C16H22N2O3. The van der Waals surface area contributed by atoms with Crippen LogP contribution in [0, 0.1) is 6.92 Å². The van der Waals surface area contributed by atoms with Crippen molar-refractivity contribution < 1.29 is 14.7 Å². The summed E-state index contributed by atoms with van der Waals surface area (Å²) in [5, 5.41) is 8.75. The molecule has 0 saturated carbocycles. The number of hydrogen-bond acceptors (Lipinski definition) is 3. The van der Waals surface area contributed by atoms with E-state index in [1.807, 2.05) is 21.9 Å². The largest absolute Gasteiger partial charge is 0.480 e. The smallest absolute Gasteiger partial charge is 0.317 e. The van der Waals surface area contributed by atoms with Gasteiger partial charge in [-0.1, -0.05) is 24.3 Å². The number of aryl methyl sites for hydroxylation is 2. The van der Waals surface area contributed by atoms with Crippen molar-refractivity contribution in [2.24, 2.45) is 0 Å². The number of nitrogens with zero attached hydrogens (tertiary/aromatic N) is 2. The van der Waals surface area contributed by atoms with E-state index in [1.54, 1.807) is 0 Å². The zero-order valence-electron chi connectivity index (χ0n) is 12.4. The average Bonchev–Trinajstić information content (AvgIpc) is 2.46. The highest BCUT2D eigenvalue weighted by atomic mass is 16.4. The van der Waals surface area contributed by atoms with E-state index in [1.165, 1.54) is 11.1 Å². The van der Waals surface area contributed by atoms with Gasteiger partial charge >= 0.3 is 5.97 Å². The molecule has 1 aliphatic rings. The second kappa shape index (κ2) is 7.22. The van der Waals surface area contributed by atoms with Gasteiger partial charge in [0.05, 0.1) is 6.54 Å². The molecule has 0 bridgehead atoms. The third kappa shape index (κ3) is 4.56. The highest BCUT2D eigenvalue weighted by Gasteiger charge is 2.21. The van der Waals surface area contributed by atoms with Crippen molar-refractivity contribution in [3.63, 3.8) is 0 Å². The first-order valence-corrected chi connectivity index (χ1v) is 7.32. The van der Waals surface area contributed by atoms with Gasteiger partial charge in [0.1, 0.15) is 0 Å². The van der Waals surface area contributed by atoms with Gasteiger partial charge in [-0.15, -0.1) is 0 Å². The summed E-state index contributed by atoms with van der Waals surface area (Å²) in [4.78, 5) is 26.6. The minimum absolute atomic E-state index is 0.0608. The number of rotatable bonds is 5. The Bertz CT molecular complexity index is 508. The van der Waals surface area contributed by atoms with Crippen molar-refractivity contribution in [3.8, 4) is 0 Å². The van der Waals surface area contributed by atoms with Crippen LogP contribution in [0.25, 0.3) is 0 Å².